The molecule has 0 aromatic heterocycles. The fourth-order valence-electron chi connectivity index (χ4n) is 0.751. The van der Waals surface area contributed by atoms with E-state index in [2.05, 4.69) is 11.9 Å². The molecule has 2 heteroatoms. The standard InChI is InChI=1S/C6H9NO/c1-3-5-4(2)6(8)7-5/h3-5H,1H2,2H3,(H,7,8)/t4-,5-/m1/s1. The van der Waals surface area contributed by atoms with Crippen LogP contribution in [0.2, 0.25) is 0 Å². The molecule has 8 heavy (non-hydrogen) atoms. The van der Waals surface area contributed by atoms with Crippen molar-refractivity contribution < 1.29 is 4.79 Å². The smallest absolute Gasteiger partial charge is 0.225 e. The van der Waals surface area contributed by atoms with Gasteiger partial charge in [-0.2, -0.15) is 0 Å². The van der Waals surface area contributed by atoms with Gasteiger partial charge in [0.2, 0.25) is 5.91 Å². The van der Waals surface area contributed by atoms with Crippen LogP contribution in [-0.2, 0) is 4.79 Å². The number of hydrogen-bond acceptors (Lipinski definition) is 1. The fourth-order valence-corrected chi connectivity index (χ4v) is 0.751. The molecule has 0 saturated carbocycles. The van der Waals surface area contributed by atoms with Crippen LogP contribution in [0.15, 0.2) is 12.7 Å². The average Bonchev–Trinajstić information content (AvgIpc) is 1.81. The normalized spacial score (nSPS) is 35.4. The van der Waals surface area contributed by atoms with Gasteiger partial charge in [0.15, 0.2) is 0 Å². The molecule has 1 N–H and O–H groups in total. The van der Waals surface area contributed by atoms with Gasteiger partial charge in [-0.3, -0.25) is 4.79 Å². The lowest BCUT2D eigenvalue weighted by Gasteiger charge is -2.31. The zero-order chi connectivity index (χ0) is 6.15. The first-order chi connectivity index (χ1) is 3.75. The molecule has 0 spiro atoms. The van der Waals surface area contributed by atoms with Crippen molar-refractivity contribution in [3.05, 3.63) is 12.7 Å². The summed E-state index contributed by atoms with van der Waals surface area (Å²) < 4.78 is 0. The fraction of sp³-hybridized carbons (Fsp3) is 0.500. The first-order valence-electron chi connectivity index (χ1n) is 2.68. The van der Waals surface area contributed by atoms with E-state index in [0.29, 0.717) is 0 Å². The minimum Gasteiger partial charge on any atom is -0.349 e. The van der Waals surface area contributed by atoms with Gasteiger partial charge in [0.05, 0.1) is 12.0 Å². The van der Waals surface area contributed by atoms with Crippen molar-refractivity contribution in [3.63, 3.8) is 0 Å². The van der Waals surface area contributed by atoms with E-state index in [9.17, 15) is 4.79 Å². The van der Waals surface area contributed by atoms with Crippen molar-refractivity contribution in [3.8, 4) is 0 Å². The van der Waals surface area contributed by atoms with Crippen LogP contribution in [0.5, 0.6) is 0 Å². The second-order valence-corrected chi connectivity index (χ2v) is 2.06. The summed E-state index contributed by atoms with van der Waals surface area (Å²) >= 11 is 0. The van der Waals surface area contributed by atoms with Crippen LogP contribution in [0.4, 0.5) is 0 Å². The third-order valence-corrected chi connectivity index (χ3v) is 1.52. The van der Waals surface area contributed by atoms with Crippen molar-refractivity contribution in [2.24, 2.45) is 5.92 Å². The molecule has 1 rings (SSSR count). The quantitative estimate of drug-likeness (QED) is 0.383. The lowest BCUT2D eigenvalue weighted by atomic mass is 9.93. The van der Waals surface area contributed by atoms with Gasteiger partial charge in [0, 0.05) is 0 Å². The van der Waals surface area contributed by atoms with Gasteiger partial charge in [-0.15, -0.1) is 6.58 Å². The number of carbonyl (C=O) groups excluding carboxylic acids is 1. The second kappa shape index (κ2) is 1.62. The van der Waals surface area contributed by atoms with Crippen molar-refractivity contribution >= 4 is 5.91 Å². The zero-order valence-corrected chi connectivity index (χ0v) is 4.85. The second-order valence-electron chi connectivity index (χ2n) is 2.06. The molecular weight excluding hydrogens is 102 g/mol. The molecule has 2 atom stereocenters. The first kappa shape index (κ1) is 5.35. The first-order valence-corrected chi connectivity index (χ1v) is 2.68. The molecule has 0 aliphatic carbocycles. The number of carbonyl (C=O) groups is 1. The zero-order valence-electron chi connectivity index (χ0n) is 4.85. The van der Waals surface area contributed by atoms with Gasteiger partial charge in [-0.1, -0.05) is 13.0 Å². The number of hydrogen-bond donors (Lipinski definition) is 1. The van der Waals surface area contributed by atoms with E-state index in [1.165, 1.54) is 0 Å². The molecular formula is C6H9NO. The lowest BCUT2D eigenvalue weighted by molar-refractivity contribution is -0.132. The van der Waals surface area contributed by atoms with Crippen molar-refractivity contribution in [1.82, 2.24) is 5.32 Å². The molecule has 1 aliphatic heterocycles. The van der Waals surface area contributed by atoms with E-state index in [4.69, 9.17) is 0 Å². The van der Waals surface area contributed by atoms with Crippen LogP contribution >= 0.6 is 0 Å². The Bertz CT molecular complexity index is 130. The number of amides is 1. The largest absolute Gasteiger partial charge is 0.349 e. The highest BCUT2D eigenvalue weighted by Crippen LogP contribution is 2.13. The van der Waals surface area contributed by atoms with E-state index < -0.39 is 0 Å². The monoisotopic (exact) mass is 111 g/mol. The predicted octanol–water partition coefficient (Wildman–Crippen LogP) is 0.307. The molecule has 2 nitrogen and oxygen atoms in total. The van der Waals surface area contributed by atoms with E-state index in [1.807, 2.05) is 6.92 Å². The molecule has 0 bridgehead atoms. The average molecular weight is 111 g/mol. The molecule has 0 unspecified atom stereocenters. The molecule has 1 aliphatic rings. The minimum atomic E-state index is 0.134. The topological polar surface area (TPSA) is 29.1 Å². The summed E-state index contributed by atoms with van der Waals surface area (Å²) in [6, 6.07) is 0.225. The summed E-state index contributed by atoms with van der Waals surface area (Å²) in [7, 11) is 0. The Morgan fingerprint density at radius 3 is 2.62 bits per heavy atom. The number of nitrogens with one attached hydrogen (secondary N) is 1. The highest BCUT2D eigenvalue weighted by atomic mass is 16.2. The Labute approximate surface area is 48.6 Å². The molecule has 44 valence electrons. The Hall–Kier alpha value is -0.790. The van der Waals surface area contributed by atoms with Crippen LogP contribution in [0, 0.1) is 5.92 Å². The van der Waals surface area contributed by atoms with Gasteiger partial charge >= 0.3 is 0 Å². The SMILES string of the molecule is C=C[C@H]1NC(=O)[C@@H]1C. The summed E-state index contributed by atoms with van der Waals surface area (Å²) in [6.45, 7) is 5.45. The highest BCUT2D eigenvalue weighted by Gasteiger charge is 2.32. The summed E-state index contributed by atoms with van der Waals surface area (Å²) in [5.41, 5.74) is 0. The number of β-lactam (4-membered cyclic amide) rings is 1. The third kappa shape index (κ3) is 0.529. The van der Waals surface area contributed by atoms with Crippen LogP contribution in [0.3, 0.4) is 0 Å². The summed E-state index contributed by atoms with van der Waals surface area (Å²) in [6.07, 6.45) is 1.76. The van der Waals surface area contributed by atoms with Gasteiger partial charge in [0.25, 0.3) is 0 Å². The predicted molar refractivity (Wildman–Crippen MR) is 31.3 cm³/mol. The summed E-state index contributed by atoms with van der Waals surface area (Å²) in [5, 5.41) is 2.69. The third-order valence-electron chi connectivity index (χ3n) is 1.52. The molecule has 1 heterocycles. The maximum atomic E-state index is 10.4. The Morgan fingerprint density at radius 1 is 1.88 bits per heavy atom. The van der Waals surface area contributed by atoms with Gasteiger partial charge in [0.1, 0.15) is 0 Å². The number of rotatable bonds is 1. The molecule has 1 saturated heterocycles. The molecule has 1 fully saturated rings. The van der Waals surface area contributed by atoms with Gasteiger partial charge in [-0.05, 0) is 0 Å². The maximum absolute atomic E-state index is 10.4. The molecule has 0 radical (unpaired) electrons. The van der Waals surface area contributed by atoms with E-state index in [0.717, 1.165) is 0 Å². The van der Waals surface area contributed by atoms with E-state index in [-0.39, 0.29) is 17.9 Å². The highest BCUT2D eigenvalue weighted by molar-refractivity contribution is 5.86. The van der Waals surface area contributed by atoms with Gasteiger partial charge in [-0.25, -0.2) is 0 Å². The maximum Gasteiger partial charge on any atom is 0.225 e. The minimum absolute atomic E-state index is 0.134. The van der Waals surface area contributed by atoms with Crippen LogP contribution in [0.25, 0.3) is 0 Å². The van der Waals surface area contributed by atoms with E-state index >= 15 is 0 Å². The Morgan fingerprint density at radius 2 is 2.50 bits per heavy atom. The van der Waals surface area contributed by atoms with Crippen LogP contribution < -0.4 is 5.32 Å². The summed E-state index contributed by atoms with van der Waals surface area (Å²) in [5.74, 6) is 0.280. The van der Waals surface area contributed by atoms with Crippen molar-refractivity contribution in [2.45, 2.75) is 13.0 Å². The van der Waals surface area contributed by atoms with Crippen molar-refractivity contribution in [1.29, 1.82) is 0 Å². The van der Waals surface area contributed by atoms with Gasteiger partial charge < -0.3 is 5.32 Å². The Balaban J connectivity index is 2.47. The molecule has 0 aromatic carbocycles. The lowest BCUT2D eigenvalue weighted by Crippen LogP contribution is -2.55. The van der Waals surface area contributed by atoms with E-state index in [1.54, 1.807) is 6.08 Å². The molecule has 1 amide bonds. The summed E-state index contributed by atoms with van der Waals surface area (Å²) in [4.78, 5) is 10.4. The van der Waals surface area contributed by atoms with Crippen LogP contribution in [0.1, 0.15) is 6.92 Å². The molecule has 0 aromatic rings. The Kier molecular flexibility index (Phi) is 1.08. The van der Waals surface area contributed by atoms with Crippen LogP contribution in [-0.4, -0.2) is 11.9 Å². The van der Waals surface area contributed by atoms with Crippen molar-refractivity contribution in [2.75, 3.05) is 0 Å².